The van der Waals surface area contributed by atoms with Gasteiger partial charge < -0.3 is 14.9 Å². The summed E-state index contributed by atoms with van der Waals surface area (Å²) >= 11 is 11.8. The van der Waals surface area contributed by atoms with Crippen molar-refractivity contribution in [3.8, 4) is 5.75 Å². The largest absolute Gasteiger partial charge is 0.501 e. The van der Waals surface area contributed by atoms with Crippen LogP contribution in [0.2, 0.25) is 10.0 Å². The van der Waals surface area contributed by atoms with E-state index in [2.05, 4.69) is 10.3 Å². The molecule has 27 heavy (non-hydrogen) atoms. The molecule has 0 radical (unpaired) electrons. The molecule has 0 aliphatic rings. The van der Waals surface area contributed by atoms with Crippen LogP contribution in [-0.4, -0.2) is 20.6 Å². The summed E-state index contributed by atoms with van der Waals surface area (Å²) in [5.74, 6) is -1.50. The molecule has 1 amide bonds. The maximum absolute atomic E-state index is 12.5. The van der Waals surface area contributed by atoms with Gasteiger partial charge in [0.15, 0.2) is 16.9 Å². The second-order valence-electron chi connectivity index (χ2n) is 5.75. The molecule has 0 bridgehead atoms. The van der Waals surface area contributed by atoms with Gasteiger partial charge in [0.25, 0.3) is 5.91 Å². The molecule has 0 fully saturated rings. The van der Waals surface area contributed by atoms with Crippen molar-refractivity contribution in [2.75, 3.05) is 0 Å². The summed E-state index contributed by atoms with van der Waals surface area (Å²) in [6.07, 6.45) is 0. The van der Waals surface area contributed by atoms with Gasteiger partial charge in [0.05, 0.1) is 15.4 Å². The van der Waals surface area contributed by atoms with Crippen LogP contribution >= 0.6 is 23.2 Å². The van der Waals surface area contributed by atoms with Gasteiger partial charge in [-0.25, -0.2) is 4.98 Å². The zero-order valence-corrected chi connectivity index (χ0v) is 15.1. The number of nitrogens with one attached hydrogen (secondary N) is 1. The van der Waals surface area contributed by atoms with Gasteiger partial charge in [0.2, 0.25) is 5.75 Å². The van der Waals surface area contributed by atoms with Crippen molar-refractivity contribution in [1.29, 1.82) is 0 Å². The van der Waals surface area contributed by atoms with Crippen LogP contribution in [-0.2, 0) is 6.54 Å². The Morgan fingerprint density at radius 1 is 1.19 bits per heavy atom. The number of aromatic nitrogens is 2. The third-order valence-electron chi connectivity index (χ3n) is 3.99. The number of hydrogen-bond acceptors (Lipinski definition) is 5. The number of carbonyl (C=O) groups excluding carboxylic acids is 1. The average Bonchev–Trinajstić information content (AvgIpc) is 3.04. The number of para-hydroxylation sites is 1. The summed E-state index contributed by atoms with van der Waals surface area (Å²) in [6, 6.07) is 11.8. The number of hydrogen-bond donors (Lipinski definition) is 2. The van der Waals surface area contributed by atoms with E-state index in [4.69, 9.17) is 27.7 Å². The zero-order valence-electron chi connectivity index (χ0n) is 13.6. The Balaban J connectivity index is 1.70. The molecule has 4 aromatic rings. The maximum Gasteiger partial charge on any atom is 0.330 e. The van der Waals surface area contributed by atoms with Crippen LogP contribution in [0, 0.1) is 0 Å². The van der Waals surface area contributed by atoms with Crippen LogP contribution in [0.15, 0.2) is 51.8 Å². The van der Waals surface area contributed by atoms with Crippen LogP contribution < -0.4 is 10.9 Å². The highest BCUT2D eigenvalue weighted by molar-refractivity contribution is 6.42. The van der Waals surface area contributed by atoms with E-state index in [1.807, 2.05) is 0 Å². The van der Waals surface area contributed by atoms with Crippen LogP contribution in [0.25, 0.3) is 16.6 Å². The van der Waals surface area contributed by atoms with E-state index in [1.165, 1.54) is 0 Å². The Labute approximate surface area is 161 Å². The molecular weight excluding hydrogens is 393 g/mol. The van der Waals surface area contributed by atoms with Gasteiger partial charge in [-0.3, -0.25) is 9.59 Å². The summed E-state index contributed by atoms with van der Waals surface area (Å²) in [7, 11) is 0. The first-order valence-corrected chi connectivity index (χ1v) is 8.57. The first-order valence-electron chi connectivity index (χ1n) is 7.81. The van der Waals surface area contributed by atoms with Gasteiger partial charge in [-0.15, -0.1) is 4.57 Å². The maximum atomic E-state index is 12.5. The van der Waals surface area contributed by atoms with Crippen LogP contribution in [0.1, 0.15) is 16.1 Å². The fraction of sp³-hybridized carbons (Fsp3) is 0.0556. The van der Waals surface area contributed by atoms with Crippen LogP contribution in [0.5, 0.6) is 5.75 Å². The predicted molar refractivity (Wildman–Crippen MR) is 101 cm³/mol. The average molecular weight is 404 g/mol. The third-order valence-corrected chi connectivity index (χ3v) is 4.73. The highest BCUT2D eigenvalue weighted by Crippen LogP contribution is 2.23. The van der Waals surface area contributed by atoms with Crippen molar-refractivity contribution in [3.63, 3.8) is 0 Å². The van der Waals surface area contributed by atoms with Gasteiger partial charge in [0.1, 0.15) is 0 Å². The summed E-state index contributed by atoms with van der Waals surface area (Å²) in [4.78, 5) is 28.9. The molecule has 2 aromatic carbocycles. The molecular formula is C18H11Cl2N3O4. The van der Waals surface area contributed by atoms with E-state index >= 15 is 0 Å². The standard InChI is InChI=1S/C18H11Cl2N3O4/c19-11-6-5-9(7-12(11)20)8-21-17(25)14-15(24)18(26)23-16(22-14)10-3-1-2-4-13(10)27-23/h1-7,24H,8H2,(H,21,25). The van der Waals surface area contributed by atoms with Crippen molar-refractivity contribution in [1.82, 2.24) is 14.9 Å². The quantitative estimate of drug-likeness (QED) is 0.546. The Morgan fingerprint density at radius 2 is 1.96 bits per heavy atom. The molecule has 136 valence electrons. The van der Waals surface area contributed by atoms with Gasteiger partial charge in [-0.05, 0) is 29.8 Å². The Kier molecular flexibility index (Phi) is 4.25. The van der Waals surface area contributed by atoms with Gasteiger partial charge in [-0.1, -0.05) is 41.4 Å². The fourth-order valence-electron chi connectivity index (χ4n) is 2.66. The van der Waals surface area contributed by atoms with Gasteiger partial charge in [-0.2, -0.15) is 0 Å². The Hall–Kier alpha value is -3.03. The third kappa shape index (κ3) is 3.01. The van der Waals surface area contributed by atoms with E-state index in [1.54, 1.807) is 42.5 Å². The number of aromatic hydroxyl groups is 1. The monoisotopic (exact) mass is 403 g/mol. The SMILES string of the molecule is O=C(NCc1ccc(Cl)c(Cl)c1)c1nc2c3ccccc3on2c(=O)c1O. The van der Waals surface area contributed by atoms with Gasteiger partial charge in [0, 0.05) is 6.54 Å². The normalized spacial score (nSPS) is 11.2. The number of benzene rings is 2. The minimum atomic E-state index is -0.865. The van der Waals surface area contributed by atoms with E-state index in [9.17, 15) is 14.7 Å². The van der Waals surface area contributed by atoms with E-state index < -0.39 is 17.2 Å². The van der Waals surface area contributed by atoms with E-state index in [-0.39, 0.29) is 17.9 Å². The Morgan fingerprint density at radius 3 is 2.74 bits per heavy atom. The van der Waals surface area contributed by atoms with Crippen LogP contribution in [0.3, 0.4) is 0 Å². The van der Waals surface area contributed by atoms with Crippen molar-refractivity contribution >= 4 is 45.7 Å². The van der Waals surface area contributed by atoms with E-state index in [0.29, 0.717) is 26.6 Å². The summed E-state index contributed by atoms with van der Waals surface area (Å²) in [6.45, 7) is 0.113. The number of nitrogens with zero attached hydrogens (tertiary/aromatic N) is 2. The number of amides is 1. The molecule has 2 heterocycles. The first-order chi connectivity index (χ1) is 13.0. The smallest absolute Gasteiger partial charge is 0.330 e. The number of halogens is 2. The highest BCUT2D eigenvalue weighted by Gasteiger charge is 2.21. The summed E-state index contributed by atoms with van der Waals surface area (Å²) in [5.41, 5.74) is 0.00857. The lowest BCUT2D eigenvalue weighted by molar-refractivity contribution is 0.0942. The van der Waals surface area contributed by atoms with Crippen molar-refractivity contribution in [3.05, 3.63) is 74.1 Å². The second kappa shape index (κ2) is 6.61. The fourth-order valence-corrected chi connectivity index (χ4v) is 2.98. The molecule has 0 aliphatic carbocycles. The molecule has 9 heteroatoms. The minimum Gasteiger partial charge on any atom is -0.501 e. The molecule has 0 unspecified atom stereocenters. The molecule has 0 aliphatic heterocycles. The number of carbonyl (C=O) groups is 1. The second-order valence-corrected chi connectivity index (χ2v) is 6.57. The van der Waals surface area contributed by atoms with Crippen molar-refractivity contribution < 1.29 is 14.4 Å². The lowest BCUT2D eigenvalue weighted by Gasteiger charge is -2.07. The molecule has 0 atom stereocenters. The highest BCUT2D eigenvalue weighted by atomic mass is 35.5. The molecule has 0 saturated heterocycles. The van der Waals surface area contributed by atoms with Crippen LogP contribution in [0.4, 0.5) is 0 Å². The molecule has 2 aromatic heterocycles. The van der Waals surface area contributed by atoms with Crippen molar-refractivity contribution in [2.24, 2.45) is 0 Å². The predicted octanol–water partition coefficient (Wildman–Crippen LogP) is 3.38. The Bertz CT molecular complexity index is 1260. The number of rotatable bonds is 3. The topological polar surface area (TPSA) is 96.8 Å². The summed E-state index contributed by atoms with van der Waals surface area (Å²) in [5, 5.41) is 14.0. The number of fused-ring (bicyclic) bond motifs is 3. The molecule has 4 rings (SSSR count). The molecule has 7 nitrogen and oxygen atoms in total. The van der Waals surface area contributed by atoms with Crippen molar-refractivity contribution in [2.45, 2.75) is 6.54 Å². The first kappa shape index (κ1) is 17.4. The molecule has 0 spiro atoms. The summed E-state index contributed by atoms with van der Waals surface area (Å²) < 4.78 is 6.23. The lowest BCUT2D eigenvalue weighted by atomic mass is 10.2. The molecule has 2 N–H and O–H groups in total. The van der Waals surface area contributed by atoms with E-state index in [0.717, 1.165) is 4.57 Å². The lowest BCUT2D eigenvalue weighted by Crippen LogP contribution is -2.27. The molecule has 0 saturated carbocycles. The van der Waals surface area contributed by atoms with Gasteiger partial charge >= 0.3 is 5.56 Å². The minimum absolute atomic E-state index is 0.113. The zero-order chi connectivity index (χ0) is 19.1.